The standard InChI is InChI=1S/C12H24N2OS.ClH/c1-10(2)4-7-16-9-12(15)14-6-5-13-11(3)8-14;/h10-11,13H,4-9H2,1-3H3;1H. The number of carbonyl (C=O) groups excluding carboxylic acids is 1. The molecule has 1 N–H and O–H groups in total. The number of nitrogens with zero attached hydrogens (tertiary/aromatic N) is 1. The van der Waals surface area contributed by atoms with Gasteiger partial charge in [0.05, 0.1) is 5.75 Å². The number of carbonyl (C=O) groups is 1. The normalized spacial score (nSPS) is 20.2. The Balaban J connectivity index is 0.00000256. The van der Waals surface area contributed by atoms with Gasteiger partial charge in [0.2, 0.25) is 5.91 Å². The zero-order valence-electron chi connectivity index (χ0n) is 11.1. The summed E-state index contributed by atoms with van der Waals surface area (Å²) in [5.41, 5.74) is 0. The van der Waals surface area contributed by atoms with Gasteiger partial charge in [0, 0.05) is 25.7 Å². The van der Waals surface area contributed by atoms with Gasteiger partial charge in [-0.25, -0.2) is 0 Å². The average Bonchev–Trinajstić information content (AvgIpc) is 2.24. The fraction of sp³-hybridized carbons (Fsp3) is 0.917. The van der Waals surface area contributed by atoms with Crippen LogP contribution < -0.4 is 5.32 Å². The first-order valence-electron chi connectivity index (χ1n) is 6.18. The fourth-order valence-electron chi connectivity index (χ4n) is 1.73. The molecule has 1 heterocycles. The topological polar surface area (TPSA) is 32.3 Å². The Morgan fingerprint density at radius 2 is 2.24 bits per heavy atom. The predicted molar refractivity (Wildman–Crippen MR) is 78.1 cm³/mol. The third kappa shape index (κ3) is 7.17. The number of halogens is 1. The van der Waals surface area contributed by atoms with E-state index < -0.39 is 0 Å². The SMILES string of the molecule is CC(C)CCSCC(=O)N1CCNC(C)C1.Cl. The van der Waals surface area contributed by atoms with Crippen LogP contribution in [0.25, 0.3) is 0 Å². The number of thioether (sulfide) groups is 1. The molecule has 0 aromatic rings. The predicted octanol–water partition coefficient (Wildman–Crippen LogP) is 2.01. The first-order valence-corrected chi connectivity index (χ1v) is 7.34. The van der Waals surface area contributed by atoms with Gasteiger partial charge in [-0.15, -0.1) is 12.4 Å². The van der Waals surface area contributed by atoms with Gasteiger partial charge in [0.25, 0.3) is 0 Å². The Morgan fingerprint density at radius 3 is 2.82 bits per heavy atom. The molecule has 0 radical (unpaired) electrons. The summed E-state index contributed by atoms with van der Waals surface area (Å²) in [7, 11) is 0. The molecule has 0 aliphatic carbocycles. The molecule has 1 aliphatic heterocycles. The van der Waals surface area contributed by atoms with Crippen molar-refractivity contribution in [1.29, 1.82) is 0 Å². The van der Waals surface area contributed by atoms with E-state index in [9.17, 15) is 4.79 Å². The van der Waals surface area contributed by atoms with Crippen molar-refractivity contribution in [3.8, 4) is 0 Å². The van der Waals surface area contributed by atoms with Gasteiger partial charge in [-0.05, 0) is 25.0 Å². The molecule has 1 fully saturated rings. The van der Waals surface area contributed by atoms with Gasteiger partial charge >= 0.3 is 0 Å². The van der Waals surface area contributed by atoms with E-state index >= 15 is 0 Å². The Hall–Kier alpha value is 0.0700. The molecule has 1 saturated heterocycles. The Bertz CT molecular complexity index is 227. The van der Waals surface area contributed by atoms with Crippen LogP contribution >= 0.6 is 24.2 Å². The number of hydrogen-bond donors (Lipinski definition) is 1. The molecular weight excluding hydrogens is 256 g/mol. The molecule has 102 valence electrons. The second-order valence-corrected chi connectivity index (χ2v) is 6.04. The van der Waals surface area contributed by atoms with E-state index in [0.717, 1.165) is 31.3 Å². The van der Waals surface area contributed by atoms with Crippen molar-refractivity contribution >= 4 is 30.1 Å². The highest BCUT2D eigenvalue weighted by atomic mass is 35.5. The molecular formula is C12H25ClN2OS. The van der Waals surface area contributed by atoms with E-state index in [4.69, 9.17) is 0 Å². The van der Waals surface area contributed by atoms with Gasteiger partial charge in [0.15, 0.2) is 0 Å². The summed E-state index contributed by atoms with van der Waals surface area (Å²) < 4.78 is 0. The minimum atomic E-state index is 0. The van der Waals surface area contributed by atoms with E-state index in [2.05, 4.69) is 26.1 Å². The molecule has 0 aromatic heterocycles. The van der Waals surface area contributed by atoms with Crippen LogP contribution in [0.15, 0.2) is 0 Å². The molecule has 1 rings (SSSR count). The van der Waals surface area contributed by atoms with Crippen molar-refractivity contribution in [2.24, 2.45) is 5.92 Å². The van der Waals surface area contributed by atoms with Crippen molar-refractivity contribution in [2.45, 2.75) is 33.2 Å². The minimum Gasteiger partial charge on any atom is -0.339 e. The third-order valence-corrected chi connectivity index (χ3v) is 3.76. The molecule has 0 spiro atoms. The van der Waals surface area contributed by atoms with Crippen LogP contribution in [0, 0.1) is 5.92 Å². The summed E-state index contributed by atoms with van der Waals surface area (Å²) in [5, 5.41) is 3.35. The second kappa shape index (κ2) is 9.06. The summed E-state index contributed by atoms with van der Waals surface area (Å²) in [4.78, 5) is 13.9. The average molecular weight is 281 g/mol. The van der Waals surface area contributed by atoms with E-state index in [1.807, 2.05) is 4.90 Å². The summed E-state index contributed by atoms with van der Waals surface area (Å²) in [6.07, 6.45) is 1.20. The molecule has 17 heavy (non-hydrogen) atoms. The molecule has 1 aliphatic rings. The lowest BCUT2D eigenvalue weighted by Crippen LogP contribution is -2.51. The van der Waals surface area contributed by atoms with Gasteiger partial charge in [-0.2, -0.15) is 11.8 Å². The lowest BCUT2D eigenvalue weighted by atomic mass is 10.2. The Kier molecular flexibility index (Phi) is 9.10. The summed E-state index contributed by atoms with van der Waals surface area (Å²) in [6, 6.07) is 0.443. The second-order valence-electron chi connectivity index (χ2n) is 4.93. The molecule has 1 atom stereocenters. The Morgan fingerprint density at radius 1 is 1.53 bits per heavy atom. The monoisotopic (exact) mass is 280 g/mol. The molecule has 5 heteroatoms. The number of piperazine rings is 1. The van der Waals surface area contributed by atoms with E-state index in [0.29, 0.717) is 17.7 Å². The first-order chi connectivity index (χ1) is 7.59. The zero-order valence-corrected chi connectivity index (χ0v) is 12.7. The number of nitrogens with one attached hydrogen (secondary N) is 1. The maximum absolute atomic E-state index is 11.9. The minimum absolute atomic E-state index is 0. The number of rotatable bonds is 5. The molecule has 3 nitrogen and oxygen atoms in total. The first kappa shape index (κ1) is 17.1. The molecule has 1 amide bonds. The van der Waals surface area contributed by atoms with Gasteiger partial charge in [-0.1, -0.05) is 13.8 Å². The number of hydrogen-bond acceptors (Lipinski definition) is 3. The smallest absolute Gasteiger partial charge is 0.232 e. The van der Waals surface area contributed by atoms with Crippen molar-refractivity contribution in [3.05, 3.63) is 0 Å². The van der Waals surface area contributed by atoms with Crippen LogP contribution in [0.2, 0.25) is 0 Å². The fourth-order valence-corrected chi connectivity index (χ4v) is 2.87. The molecule has 1 unspecified atom stereocenters. The van der Waals surface area contributed by atoms with Gasteiger partial charge in [-0.3, -0.25) is 4.79 Å². The molecule has 0 bridgehead atoms. The maximum Gasteiger partial charge on any atom is 0.232 e. The summed E-state index contributed by atoms with van der Waals surface area (Å²) in [6.45, 7) is 9.24. The summed E-state index contributed by atoms with van der Waals surface area (Å²) >= 11 is 1.77. The number of amides is 1. The lowest BCUT2D eigenvalue weighted by molar-refractivity contribution is -0.129. The van der Waals surface area contributed by atoms with Gasteiger partial charge < -0.3 is 10.2 Å². The highest BCUT2D eigenvalue weighted by molar-refractivity contribution is 7.99. The highest BCUT2D eigenvalue weighted by Gasteiger charge is 2.19. The van der Waals surface area contributed by atoms with Crippen LogP contribution in [0.1, 0.15) is 27.2 Å². The molecule has 0 aromatic carbocycles. The highest BCUT2D eigenvalue weighted by Crippen LogP contribution is 2.10. The largest absolute Gasteiger partial charge is 0.339 e. The van der Waals surface area contributed by atoms with E-state index in [-0.39, 0.29) is 12.4 Å². The van der Waals surface area contributed by atoms with Gasteiger partial charge in [0.1, 0.15) is 0 Å². The van der Waals surface area contributed by atoms with Crippen LogP contribution in [0.5, 0.6) is 0 Å². The van der Waals surface area contributed by atoms with Crippen LogP contribution in [0.3, 0.4) is 0 Å². The van der Waals surface area contributed by atoms with Crippen LogP contribution in [-0.4, -0.2) is 48.0 Å². The van der Waals surface area contributed by atoms with E-state index in [1.165, 1.54) is 6.42 Å². The third-order valence-electron chi connectivity index (χ3n) is 2.79. The van der Waals surface area contributed by atoms with Crippen molar-refractivity contribution in [1.82, 2.24) is 10.2 Å². The van der Waals surface area contributed by atoms with Crippen LogP contribution in [0.4, 0.5) is 0 Å². The van der Waals surface area contributed by atoms with Crippen molar-refractivity contribution < 1.29 is 4.79 Å². The molecule has 0 saturated carbocycles. The Labute approximate surface area is 115 Å². The van der Waals surface area contributed by atoms with Crippen molar-refractivity contribution in [3.63, 3.8) is 0 Å². The van der Waals surface area contributed by atoms with Crippen LogP contribution in [-0.2, 0) is 4.79 Å². The van der Waals surface area contributed by atoms with E-state index in [1.54, 1.807) is 11.8 Å². The quantitative estimate of drug-likeness (QED) is 0.782. The lowest BCUT2D eigenvalue weighted by Gasteiger charge is -2.31. The van der Waals surface area contributed by atoms with Crippen molar-refractivity contribution in [2.75, 3.05) is 31.1 Å². The summed E-state index contributed by atoms with van der Waals surface area (Å²) in [5.74, 6) is 2.80. The maximum atomic E-state index is 11.9. The zero-order chi connectivity index (χ0) is 12.0.